The molecule has 0 N–H and O–H groups in total. The fourth-order valence-electron chi connectivity index (χ4n) is 8.64. The molecule has 0 spiro atoms. The number of hydrogen-bond acceptors (Lipinski definition) is 1. The third kappa shape index (κ3) is 5.21. The summed E-state index contributed by atoms with van der Waals surface area (Å²) >= 11 is 0. The Morgan fingerprint density at radius 2 is 0.938 bits per heavy atom. The van der Waals surface area contributed by atoms with E-state index in [0.29, 0.717) is 11.8 Å². The summed E-state index contributed by atoms with van der Waals surface area (Å²) in [6, 6.07) is 54.4. The summed E-state index contributed by atoms with van der Waals surface area (Å²) in [5.74, 6) is 1.43. The van der Waals surface area contributed by atoms with Crippen LogP contribution in [-0.2, 0) is 0 Å². The van der Waals surface area contributed by atoms with Crippen molar-refractivity contribution in [2.45, 2.75) is 63.2 Å². The molecule has 2 aliphatic rings. The molecule has 9 rings (SSSR count). The second kappa shape index (κ2) is 12.5. The lowest BCUT2D eigenvalue weighted by Gasteiger charge is -2.27. The van der Waals surface area contributed by atoms with Crippen LogP contribution in [0.4, 0.5) is 17.1 Å². The molecule has 2 saturated carbocycles. The second-order valence-electron chi connectivity index (χ2n) is 13.9. The van der Waals surface area contributed by atoms with Gasteiger partial charge in [-0.1, -0.05) is 117 Å². The van der Waals surface area contributed by atoms with Crippen molar-refractivity contribution in [3.63, 3.8) is 0 Å². The van der Waals surface area contributed by atoms with Gasteiger partial charge in [0.1, 0.15) is 0 Å². The van der Waals surface area contributed by atoms with Gasteiger partial charge in [0.05, 0.1) is 11.0 Å². The minimum absolute atomic E-state index is 0.715. The predicted octanol–water partition coefficient (Wildman–Crippen LogP) is 13.2. The van der Waals surface area contributed by atoms with E-state index in [1.165, 1.54) is 118 Å². The minimum atomic E-state index is 0.715. The SMILES string of the molecule is c1ccc(-n2c3ccccc3c3cccc(-c4ccc(N(c5ccc(C6CCCC6)cc5)c5ccc(C6CCCC6)cc5)cc4)c32)cc1. The zero-order valence-corrected chi connectivity index (χ0v) is 27.6. The Hall–Kier alpha value is -5.08. The Balaban J connectivity index is 1.13. The highest BCUT2D eigenvalue weighted by molar-refractivity contribution is 6.13. The average Bonchev–Trinajstić information content (AvgIpc) is 3.95. The summed E-state index contributed by atoms with van der Waals surface area (Å²) in [5.41, 5.74) is 12.7. The van der Waals surface area contributed by atoms with Crippen molar-refractivity contribution in [1.82, 2.24) is 4.57 Å². The zero-order valence-electron chi connectivity index (χ0n) is 27.6. The van der Waals surface area contributed by atoms with Crippen LogP contribution in [0.5, 0.6) is 0 Å². The molecule has 1 aromatic heterocycles. The van der Waals surface area contributed by atoms with E-state index >= 15 is 0 Å². The fraction of sp³-hybridized carbons (Fsp3) is 0.217. The Morgan fingerprint density at radius 3 is 1.52 bits per heavy atom. The first-order chi connectivity index (χ1) is 23.8. The Morgan fingerprint density at radius 1 is 0.438 bits per heavy atom. The van der Waals surface area contributed by atoms with Gasteiger partial charge in [0.2, 0.25) is 0 Å². The topological polar surface area (TPSA) is 8.17 Å². The molecular weight excluding hydrogens is 581 g/mol. The Kier molecular flexibility index (Phi) is 7.58. The molecule has 6 aromatic carbocycles. The molecule has 0 atom stereocenters. The van der Waals surface area contributed by atoms with Crippen LogP contribution in [0, 0.1) is 0 Å². The van der Waals surface area contributed by atoms with Crippen LogP contribution >= 0.6 is 0 Å². The minimum Gasteiger partial charge on any atom is -0.311 e. The Labute approximate surface area is 284 Å². The molecule has 0 bridgehead atoms. The van der Waals surface area contributed by atoms with Crippen LogP contribution in [-0.4, -0.2) is 4.57 Å². The molecule has 2 heteroatoms. The number of aromatic nitrogens is 1. The summed E-state index contributed by atoms with van der Waals surface area (Å²) in [7, 11) is 0. The molecule has 0 saturated heterocycles. The van der Waals surface area contributed by atoms with Crippen molar-refractivity contribution in [1.29, 1.82) is 0 Å². The number of benzene rings is 6. The quantitative estimate of drug-likeness (QED) is 0.172. The molecule has 1 heterocycles. The summed E-state index contributed by atoms with van der Waals surface area (Å²) in [4.78, 5) is 2.43. The first-order valence-corrected chi connectivity index (χ1v) is 18.0. The highest BCUT2D eigenvalue weighted by Gasteiger charge is 2.21. The van der Waals surface area contributed by atoms with Crippen LogP contribution < -0.4 is 4.90 Å². The zero-order chi connectivity index (χ0) is 31.9. The lowest BCUT2D eigenvalue weighted by Crippen LogP contribution is -2.10. The molecule has 2 aliphatic carbocycles. The van der Waals surface area contributed by atoms with Gasteiger partial charge in [-0.25, -0.2) is 0 Å². The lowest BCUT2D eigenvalue weighted by molar-refractivity contribution is 0.723. The maximum Gasteiger partial charge on any atom is 0.0619 e. The molecule has 0 amide bonds. The molecule has 48 heavy (non-hydrogen) atoms. The number of para-hydroxylation sites is 3. The summed E-state index contributed by atoms with van der Waals surface area (Å²) in [6.07, 6.45) is 10.7. The van der Waals surface area contributed by atoms with E-state index in [1.54, 1.807) is 0 Å². The molecule has 2 fully saturated rings. The van der Waals surface area contributed by atoms with Crippen molar-refractivity contribution in [2.75, 3.05) is 4.90 Å². The van der Waals surface area contributed by atoms with Crippen molar-refractivity contribution in [3.8, 4) is 16.8 Å². The third-order valence-corrected chi connectivity index (χ3v) is 11.1. The van der Waals surface area contributed by atoms with E-state index < -0.39 is 0 Å². The van der Waals surface area contributed by atoms with E-state index in [4.69, 9.17) is 0 Å². The van der Waals surface area contributed by atoms with Crippen molar-refractivity contribution >= 4 is 38.9 Å². The molecule has 2 nitrogen and oxygen atoms in total. The van der Waals surface area contributed by atoms with Gasteiger partial charge in [-0.05, 0) is 109 Å². The third-order valence-electron chi connectivity index (χ3n) is 11.1. The Bertz CT molecular complexity index is 2100. The van der Waals surface area contributed by atoms with E-state index in [0.717, 1.165) is 0 Å². The van der Waals surface area contributed by atoms with Gasteiger partial charge in [-0.15, -0.1) is 0 Å². The van der Waals surface area contributed by atoms with E-state index in [-0.39, 0.29) is 0 Å². The number of fused-ring (bicyclic) bond motifs is 3. The standard InChI is InChI=1S/C46H42N2/c1-2-15-38(16-3-1)48-45-20-9-8-17-43(45)44-19-10-18-42(46(44)48)37-25-31-41(32-26-37)47(39-27-21-35(22-28-39)33-11-4-5-12-33)40-29-23-36(24-30-40)34-13-6-7-14-34/h1-3,8-10,15-34H,4-7,11-14H2. The molecule has 0 aliphatic heterocycles. The highest BCUT2D eigenvalue weighted by Crippen LogP contribution is 2.42. The summed E-state index contributed by atoms with van der Waals surface area (Å²) in [6.45, 7) is 0. The van der Waals surface area contributed by atoms with E-state index in [2.05, 4.69) is 155 Å². The monoisotopic (exact) mass is 622 g/mol. The van der Waals surface area contributed by atoms with Gasteiger partial charge in [-0.2, -0.15) is 0 Å². The van der Waals surface area contributed by atoms with Gasteiger partial charge in [-0.3, -0.25) is 0 Å². The molecule has 0 radical (unpaired) electrons. The van der Waals surface area contributed by atoms with Crippen LogP contribution in [0.3, 0.4) is 0 Å². The van der Waals surface area contributed by atoms with E-state index in [9.17, 15) is 0 Å². The fourth-order valence-corrected chi connectivity index (χ4v) is 8.64. The van der Waals surface area contributed by atoms with Crippen LogP contribution in [0.15, 0.2) is 146 Å². The lowest BCUT2D eigenvalue weighted by atomic mass is 9.96. The average molecular weight is 623 g/mol. The van der Waals surface area contributed by atoms with Crippen molar-refractivity contribution in [2.24, 2.45) is 0 Å². The van der Waals surface area contributed by atoms with Crippen LogP contribution in [0.25, 0.3) is 38.6 Å². The number of hydrogen-bond donors (Lipinski definition) is 0. The van der Waals surface area contributed by atoms with Gasteiger partial charge in [0.25, 0.3) is 0 Å². The van der Waals surface area contributed by atoms with Crippen molar-refractivity contribution < 1.29 is 0 Å². The van der Waals surface area contributed by atoms with Crippen molar-refractivity contribution in [3.05, 3.63) is 157 Å². The largest absolute Gasteiger partial charge is 0.311 e. The normalized spacial score (nSPS) is 15.5. The number of anilines is 3. The summed E-state index contributed by atoms with van der Waals surface area (Å²) in [5, 5.41) is 2.56. The highest BCUT2D eigenvalue weighted by atomic mass is 15.1. The van der Waals surface area contributed by atoms with Gasteiger partial charge in [0.15, 0.2) is 0 Å². The number of rotatable bonds is 7. The van der Waals surface area contributed by atoms with E-state index in [1.807, 2.05) is 0 Å². The van der Waals surface area contributed by atoms with Gasteiger partial charge >= 0.3 is 0 Å². The predicted molar refractivity (Wildman–Crippen MR) is 203 cm³/mol. The maximum atomic E-state index is 2.43. The second-order valence-corrected chi connectivity index (χ2v) is 13.9. The molecule has 7 aromatic rings. The number of nitrogens with zero attached hydrogens (tertiary/aromatic N) is 2. The molecular formula is C46H42N2. The molecule has 0 unspecified atom stereocenters. The van der Waals surface area contributed by atoms with Crippen LogP contribution in [0.1, 0.15) is 74.3 Å². The first-order valence-electron chi connectivity index (χ1n) is 18.0. The van der Waals surface area contributed by atoms with Crippen LogP contribution in [0.2, 0.25) is 0 Å². The maximum absolute atomic E-state index is 2.43. The first kappa shape index (κ1) is 29.1. The van der Waals surface area contributed by atoms with Gasteiger partial charge in [0, 0.05) is 39.1 Å². The summed E-state index contributed by atoms with van der Waals surface area (Å²) < 4.78 is 2.43. The van der Waals surface area contributed by atoms with Gasteiger partial charge < -0.3 is 9.47 Å². The molecule has 236 valence electrons. The smallest absolute Gasteiger partial charge is 0.0619 e.